The maximum atomic E-state index is 13.4. The molecule has 1 aliphatic carbocycles. The molecule has 2 aromatic rings. The van der Waals surface area contributed by atoms with E-state index in [4.69, 9.17) is 4.74 Å². The Morgan fingerprint density at radius 3 is 2.52 bits per heavy atom. The second-order valence-electron chi connectivity index (χ2n) is 5.94. The molecule has 0 saturated heterocycles. The van der Waals surface area contributed by atoms with Gasteiger partial charge in [-0.2, -0.15) is 0 Å². The van der Waals surface area contributed by atoms with Gasteiger partial charge in [0.1, 0.15) is 17.7 Å². The minimum absolute atomic E-state index is 0.203. The summed E-state index contributed by atoms with van der Waals surface area (Å²) in [5.74, 6) is 0.747. The summed E-state index contributed by atoms with van der Waals surface area (Å²) in [6, 6.07) is 12.6. The van der Waals surface area contributed by atoms with Gasteiger partial charge in [-0.1, -0.05) is 24.3 Å². The van der Waals surface area contributed by atoms with Crippen LogP contribution in [0.1, 0.15) is 54.1 Å². The van der Waals surface area contributed by atoms with Crippen molar-refractivity contribution in [1.29, 1.82) is 0 Å². The predicted octanol–water partition coefficient (Wildman–Crippen LogP) is 4.26. The third-order valence-corrected chi connectivity index (χ3v) is 4.40. The van der Waals surface area contributed by atoms with Gasteiger partial charge < -0.3 is 9.84 Å². The number of hydrogen-bond acceptors (Lipinski definition) is 2. The number of ether oxygens (including phenoxy) is 1. The second-order valence-corrected chi connectivity index (χ2v) is 5.94. The van der Waals surface area contributed by atoms with Gasteiger partial charge in [0.25, 0.3) is 0 Å². The van der Waals surface area contributed by atoms with E-state index in [0.29, 0.717) is 23.7 Å². The number of halogens is 1. The quantitative estimate of drug-likeness (QED) is 0.892. The molecule has 2 aromatic carbocycles. The molecule has 0 spiro atoms. The molecule has 4 rings (SSSR count). The summed E-state index contributed by atoms with van der Waals surface area (Å²) in [4.78, 5) is 0. The minimum atomic E-state index is -0.605. The molecule has 1 saturated carbocycles. The number of hydrogen-bond donors (Lipinski definition) is 1. The SMILES string of the molecule is O[C@H]1CC(c2ccccc2C2CC2)Oc2cc(F)ccc21. The Labute approximate surface area is 123 Å². The lowest BCUT2D eigenvalue weighted by molar-refractivity contribution is 0.0649. The summed E-state index contributed by atoms with van der Waals surface area (Å²) in [5, 5.41) is 10.3. The molecule has 1 aliphatic heterocycles. The van der Waals surface area contributed by atoms with Gasteiger partial charge in [-0.3, -0.25) is 0 Å². The Bertz CT molecular complexity index is 679. The van der Waals surface area contributed by atoms with Gasteiger partial charge in [0.2, 0.25) is 0 Å². The van der Waals surface area contributed by atoms with Crippen LogP contribution in [0.5, 0.6) is 5.75 Å². The first-order valence-corrected chi connectivity index (χ1v) is 7.45. The van der Waals surface area contributed by atoms with Crippen molar-refractivity contribution in [1.82, 2.24) is 0 Å². The smallest absolute Gasteiger partial charge is 0.128 e. The fraction of sp³-hybridized carbons (Fsp3) is 0.333. The molecule has 2 aliphatic rings. The van der Waals surface area contributed by atoms with Crippen molar-refractivity contribution in [2.45, 2.75) is 37.4 Å². The van der Waals surface area contributed by atoms with E-state index in [2.05, 4.69) is 12.1 Å². The molecular weight excluding hydrogens is 267 g/mol. The fourth-order valence-electron chi connectivity index (χ4n) is 3.18. The number of rotatable bonds is 2. The third-order valence-electron chi connectivity index (χ3n) is 4.40. The molecule has 1 fully saturated rings. The molecule has 0 bridgehead atoms. The van der Waals surface area contributed by atoms with E-state index in [1.807, 2.05) is 12.1 Å². The van der Waals surface area contributed by atoms with Crippen LogP contribution in [0, 0.1) is 5.82 Å². The van der Waals surface area contributed by atoms with Crippen LogP contribution in [0.15, 0.2) is 42.5 Å². The second kappa shape index (κ2) is 4.85. The van der Waals surface area contributed by atoms with Crippen LogP contribution in [0.4, 0.5) is 4.39 Å². The van der Waals surface area contributed by atoms with E-state index in [0.717, 1.165) is 5.56 Å². The largest absolute Gasteiger partial charge is 0.485 e. The van der Waals surface area contributed by atoms with Crippen molar-refractivity contribution in [3.8, 4) is 5.75 Å². The van der Waals surface area contributed by atoms with Gasteiger partial charge >= 0.3 is 0 Å². The molecule has 0 amide bonds. The maximum Gasteiger partial charge on any atom is 0.128 e. The topological polar surface area (TPSA) is 29.5 Å². The normalized spacial score (nSPS) is 24.3. The Morgan fingerprint density at radius 2 is 1.76 bits per heavy atom. The van der Waals surface area contributed by atoms with Crippen molar-refractivity contribution < 1.29 is 14.2 Å². The zero-order valence-electron chi connectivity index (χ0n) is 11.6. The van der Waals surface area contributed by atoms with E-state index >= 15 is 0 Å². The lowest BCUT2D eigenvalue weighted by Gasteiger charge is -2.31. The van der Waals surface area contributed by atoms with Gasteiger partial charge in [-0.25, -0.2) is 4.39 Å². The number of fused-ring (bicyclic) bond motifs is 1. The van der Waals surface area contributed by atoms with E-state index in [9.17, 15) is 9.50 Å². The van der Waals surface area contributed by atoms with Crippen LogP contribution >= 0.6 is 0 Å². The maximum absolute atomic E-state index is 13.4. The van der Waals surface area contributed by atoms with Gasteiger partial charge in [0.05, 0.1) is 6.10 Å². The highest BCUT2D eigenvalue weighted by molar-refractivity contribution is 5.41. The summed E-state index contributed by atoms with van der Waals surface area (Å²) < 4.78 is 19.4. The van der Waals surface area contributed by atoms with Crippen LogP contribution in [0.25, 0.3) is 0 Å². The standard InChI is InChI=1S/C18H17FO2/c19-12-7-8-15-16(20)10-18(21-17(15)9-12)14-4-2-1-3-13(14)11-5-6-11/h1-4,7-9,11,16,18,20H,5-6,10H2/t16-,18?/m0/s1. The van der Waals surface area contributed by atoms with E-state index in [1.54, 1.807) is 6.07 Å². The van der Waals surface area contributed by atoms with Gasteiger partial charge in [0, 0.05) is 18.1 Å². The first-order valence-electron chi connectivity index (χ1n) is 7.45. The highest BCUT2D eigenvalue weighted by Gasteiger charge is 2.33. The molecule has 0 aromatic heterocycles. The molecule has 1 unspecified atom stereocenters. The Balaban J connectivity index is 1.72. The predicted molar refractivity (Wildman–Crippen MR) is 77.8 cm³/mol. The molecule has 2 nitrogen and oxygen atoms in total. The average molecular weight is 284 g/mol. The number of aliphatic hydroxyl groups is 1. The average Bonchev–Trinajstić information content (AvgIpc) is 3.31. The molecule has 108 valence electrons. The molecule has 2 atom stereocenters. The Hall–Kier alpha value is -1.87. The molecule has 21 heavy (non-hydrogen) atoms. The van der Waals surface area contributed by atoms with Gasteiger partial charge in [-0.15, -0.1) is 0 Å². The third kappa shape index (κ3) is 2.32. The van der Waals surface area contributed by atoms with Crippen molar-refractivity contribution >= 4 is 0 Å². The minimum Gasteiger partial charge on any atom is -0.485 e. The molecular formula is C18H17FO2. The summed E-state index contributed by atoms with van der Waals surface area (Å²) in [6.07, 6.45) is 2.15. The highest BCUT2D eigenvalue weighted by Crippen LogP contribution is 2.47. The Kier molecular flexibility index (Phi) is 2.96. The van der Waals surface area contributed by atoms with Crippen LogP contribution in [0.3, 0.4) is 0 Å². The first-order chi connectivity index (χ1) is 10.2. The van der Waals surface area contributed by atoms with E-state index in [-0.39, 0.29) is 11.9 Å². The van der Waals surface area contributed by atoms with Crippen LogP contribution < -0.4 is 4.74 Å². The highest BCUT2D eigenvalue weighted by atomic mass is 19.1. The van der Waals surface area contributed by atoms with Gasteiger partial charge in [0.15, 0.2) is 0 Å². The van der Waals surface area contributed by atoms with Crippen LogP contribution in [-0.2, 0) is 0 Å². The monoisotopic (exact) mass is 284 g/mol. The molecule has 3 heteroatoms. The molecule has 1 heterocycles. The summed E-state index contributed by atoms with van der Waals surface area (Å²) in [5.41, 5.74) is 3.13. The molecule has 1 N–H and O–H groups in total. The zero-order chi connectivity index (χ0) is 14.4. The van der Waals surface area contributed by atoms with Gasteiger partial charge in [-0.05, 0) is 42.0 Å². The van der Waals surface area contributed by atoms with Crippen LogP contribution in [0.2, 0.25) is 0 Å². The van der Waals surface area contributed by atoms with Crippen molar-refractivity contribution in [3.05, 3.63) is 65.0 Å². The van der Waals surface area contributed by atoms with Crippen molar-refractivity contribution in [2.75, 3.05) is 0 Å². The van der Waals surface area contributed by atoms with Crippen LogP contribution in [-0.4, -0.2) is 5.11 Å². The lowest BCUT2D eigenvalue weighted by atomic mass is 9.91. The summed E-state index contributed by atoms with van der Waals surface area (Å²) >= 11 is 0. The van der Waals surface area contributed by atoms with Crippen molar-refractivity contribution in [2.24, 2.45) is 0 Å². The zero-order valence-corrected chi connectivity index (χ0v) is 11.6. The number of benzene rings is 2. The Morgan fingerprint density at radius 1 is 1.00 bits per heavy atom. The number of aliphatic hydroxyl groups excluding tert-OH is 1. The first kappa shape index (κ1) is 12.8. The van der Waals surface area contributed by atoms with E-state index in [1.165, 1.54) is 30.5 Å². The summed E-state index contributed by atoms with van der Waals surface area (Å²) in [7, 11) is 0. The summed E-state index contributed by atoms with van der Waals surface area (Å²) in [6.45, 7) is 0. The van der Waals surface area contributed by atoms with Crippen molar-refractivity contribution in [3.63, 3.8) is 0 Å². The van der Waals surface area contributed by atoms with E-state index < -0.39 is 6.10 Å². The fourth-order valence-corrected chi connectivity index (χ4v) is 3.18. The molecule has 0 radical (unpaired) electrons. The lowest BCUT2D eigenvalue weighted by Crippen LogP contribution is -2.20.